The van der Waals surface area contributed by atoms with Gasteiger partial charge in [0.25, 0.3) is 0 Å². The number of benzene rings is 2. The molecule has 6 heteroatoms. The zero-order valence-corrected chi connectivity index (χ0v) is 14.3. The van der Waals surface area contributed by atoms with Crippen molar-refractivity contribution >= 4 is 22.5 Å². The third kappa shape index (κ3) is 2.66. The summed E-state index contributed by atoms with van der Waals surface area (Å²) in [5.41, 5.74) is 9.48. The molecule has 0 saturated carbocycles. The molecule has 0 aliphatic heterocycles. The maximum atomic E-state index is 12.8. The smallest absolute Gasteiger partial charge is 0.248 e. The third-order valence-corrected chi connectivity index (χ3v) is 4.62. The van der Waals surface area contributed by atoms with E-state index in [0.29, 0.717) is 5.69 Å². The quantitative estimate of drug-likeness (QED) is 0.456. The van der Waals surface area contributed by atoms with Crippen molar-refractivity contribution in [1.82, 2.24) is 15.2 Å². The molecule has 6 nitrogen and oxygen atoms in total. The van der Waals surface area contributed by atoms with Crippen molar-refractivity contribution in [2.45, 2.75) is 12.5 Å². The van der Waals surface area contributed by atoms with Crippen LogP contribution in [0.15, 0.2) is 67.1 Å². The first-order valence-electron chi connectivity index (χ1n) is 8.32. The number of nitrogens with two attached hydrogens (primary N) is 1. The van der Waals surface area contributed by atoms with E-state index in [1.807, 2.05) is 60.9 Å². The monoisotopic (exact) mass is 345 g/mol. The molecule has 2 heterocycles. The van der Waals surface area contributed by atoms with Gasteiger partial charge < -0.3 is 16.0 Å². The van der Waals surface area contributed by atoms with Crippen LogP contribution in [0.2, 0.25) is 0 Å². The van der Waals surface area contributed by atoms with Gasteiger partial charge in [-0.1, -0.05) is 42.5 Å². The molecule has 1 unspecified atom stereocenters. The zero-order chi connectivity index (χ0) is 18.1. The lowest BCUT2D eigenvalue weighted by Crippen LogP contribution is -2.45. The number of hydrogen-bond donors (Lipinski definition) is 4. The normalized spacial score (nSPS) is 13.5. The molecule has 0 radical (unpaired) electrons. The van der Waals surface area contributed by atoms with Gasteiger partial charge in [0.05, 0.1) is 17.4 Å². The van der Waals surface area contributed by atoms with Crippen molar-refractivity contribution in [3.05, 3.63) is 72.7 Å². The number of aromatic nitrogens is 3. The summed E-state index contributed by atoms with van der Waals surface area (Å²) in [6.45, 7) is 1.71. The van der Waals surface area contributed by atoms with Crippen LogP contribution in [0.1, 0.15) is 12.5 Å². The molecule has 1 atom stereocenters. The number of nitrogens with one attached hydrogen (secondary N) is 3. The van der Waals surface area contributed by atoms with Crippen LogP contribution in [0.5, 0.6) is 0 Å². The lowest BCUT2D eigenvalue weighted by Gasteiger charge is -2.24. The largest absolute Gasteiger partial charge is 0.359 e. The number of carbonyl (C=O) groups is 1. The summed E-state index contributed by atoms with van der Waals surface area (Å²) in [7, 11) is 0. The fourth-order valence-electron chi connectivity index (χ4n) is 3.06. The number of nitrogens with zero attached hydrogens (tertiary/aromatic N) is 1. The first-order valence-corrected chi connectivity index (χ1v) is 8.32. The maximum Gasteiger partial charge on any atom is 0.248 e. The summed E-state index contributed by atoms with van der Waals surface area (Å²) in [4.78, 5) is 16.1. The summed E-state index contributed by atoms with van der Waals surface area (Å²) in [6.07, 6.45) is 5.50. The van der Waals surface area contributed by atoms with Crippen LogP contribution in [-0.4, -0.2) is 21.1 Å². The standard InChI is InChI=1S/C20H19N5O/c1-20(21,14-6-3-2-4-7-14)19(26)25-17-9-5-8-15-16(12-22-18(15)17)13-10-23-24-11-13/h2-12,22H,21H2,1H3,(H,23,24)(H,25,26). The molecule has 0 aliphatic rings. The van der Waals surface area contributed by atoms with Gasteiger partial charge in [-0.3, -0.25) is 9.89 Å². The molecule has 26 heavy (non-hydrogen) atoms. The number of anilines is 1. The molecule has 130 valence electrons. The second-order valence-corrected chi connectivity index (χ2v) is 6.44. The number of carbonyl (C=O) groups excluding carboxylic acids is 1. The van der Waals surface area contributed by atoms with E-state index in [4.69, 9.17) is 5.73 Å². The Labute approximate surface area is 150 Å². The number of rotatable bonds is 4. The molecule has 2 aromatic carbocycles. The second kappa shape index (κ2) is 6.16. The number of H-pyrrole nitrogens is 2. The number of para-hydroxylation sites is 1. The summed E-state index contributed by atoms with van der Waals surface area (Å²) in [6, 6.07) is 15.1. The Morgan fingerprint density at radius 2 is 1.92 bits per heavy atom. The average molecular weight is 345 g/mol. The van der Waals surface area contributed by atoms with E-state index < -0.39 is 5.54 Å². The molecular weight excluding hydrogens is 326 g/mol. The molecule has 4 rings (SSSR count). The van der Waals surface area contributed by atoms with Gasteiger partial charge in [0.1, 0.15) is 5.54 Å². The van der Waals surface area contributed by atoms with E-state index in [1.54, 1.807) is 13.1 Å². The minimum atomic E-state index is -1.14. The van der Waals surface area contributed by atoms with Crippen LogP contribution in [0.3, 0.4) is 0 Å². The highest BCUT2D eigenvalue weighted by atomic mass is 16.2. The van der Waals surface area contributed by atoms with Crippen molar-refractivity contribution < 1.29 is 4.79 Å². The van der Waals surface area contributed by atoms with Crippen molar-refractivity contribution in [2.24, 2.45) is 5.73 Å². The summed E-state index contributed by atoms with van der Waals surface area (Å²) >= 11 is 0. The van der Waals surface area contributed by atoms with E-state index in [-0.39, 0.29) is 5.91 Å². The number of amides is 1. The number of hydrogen-bond acceptors (Lipinski definition) is 3. The SMILES string of the molecule is CC(N)(C(=O)Nc1cccc2c(-c3cn[nH]c3)c[nH]c12)c1ccccc1. The zero-order valence-electron chi connectivity index (χ0n) is 14.3. The Balaban J connectivity index is 1.69. The molecule has 5 N–H and O–H groups in total. The lowest BCUT2D eigenvalue weighted by atomic mass is 9.92. The van der Waals surface area contributed by atoms with Gasteiger partial charge in [-0.2, -0.15) is 5.10 Å². The highest BCUT2D eigenvalue weighted by molar-refractivity contribution is 6.07. The molecular formula is C20H19N5O. The fourth-order valence-corrected chi connectivity index (χ4v) is 3.06. The Hall–Kier alpha value is -3.38. The first-order chi connectivity index (χ1) is 12.6. The Kier molecular flexibility index (Phi) is 3.82. The average Bonchev–Trinajstić information content (AvgIpc) is 3.32. The number of fused-ring (bicyclic) bond motifs is 1. The van der Waals surface area contributed by atoms with Crippen molar-refractivity contribution in [2.75, 3.05) is 5.32 Å². The van der Waals surface area contributed by atoms with Crippen molar-refractivity contribution in [3.8, 4) is 11.1 Å². The van der Waals surface area contributed by atoms with Crippen molar-refractivity contribution in [1.29, 1.82) is 0 Å². The summed E-state index contributed by atoms with van der Waals surface area (Å²) in [5, 5.41) is 10.8. The van der Waals surface area contributed by atoms with Crippen LogP contribution in [-0.2, 0) is 10.3 Å². The molecule has 0 saturated heterocycles. The molecule has 1 amide bonds. The summed E-state index contributed by atoms with van der Waals surface area (Å²) < 4.78 is 0. The second-order valence-electron chi connectivity index (χ2n) is 6.44. The maximum absolute atomic E-state index is 12.8. The van der Waals surface area contributed by atoms with Gasteiger partial charge in [-0.15, -0.1) is 0 Å². The molecule has 4 aromatic rings. The predicted molar refractivity (Wildman–Crippen MR) is 102 cm³/mol. The highest BCUT2D eigenvalue weighted by Gasteiger charge is 2.30. The molecule has 2 aromatic heterocycles. The van der Waals surface area contributed by atoms with E-state index in [1.165, 1.54) is 0 Å². The van der Waals surface area contributed by atoms with Crippen LogP contribution in [0.4, 0.5) is 5.69 Å². The topological polar surface area (TPSA) is 99.6 Å². The fraction of sp³-hybridized carbons (Fsp3) is 0.100. The number of aromatic amines is 2. The van der Waals surface area contributed by atoms with Crippen LogP contribution < -0.4 is 11.1 Å². The summed E-state index contributed by atoms with van der Waals surface area (Å²) in [5.74, 6) is -0.268. The van der Waals surface area contributed by atoms with Gasteiger partial charge in [-0.25, -0.2) is 0 Å². The Bertz CT molecular complexity index is 1050. The van der Waals surface area contributed by atoms with E-state index in [2.05, 4.69) is 20.5 Å². The molecule has 0 spiro atoms. The molecule has 0 aliphatic carbocycles. The lowest BCUT2D eigenvalue weighted by molar-refractivity contribution is -0.120. The third-order valence-electron chi connectivity index (χ3n) is 4.62. The van der Waals surface area contributed by atoms with Crippen molar-refractivity contribution in [3.63, 3.8) is 0 Å². The van der Waals surface area contributed by atoms with Gasteiger partial charge in [0.2, 0.25) is 5.91 Å². The van der Waals surface area contributed by atoms with Crippen LogP contribution in [0.25, 0.3) is 22.0 Å². The Morgan fingerprint density at radius 1 is 1.12 bits per heavy atom. The van der Waals surface area contributed by atoms with Gasteiger partial charge in [-0.05, 0) is 18.6 Å². The highest BCUT2D eigenvalue weighted by Crippen LogP contribution is 2.32. The van der Waals surface area contributed by atoms with Crippen LogP contribution >= 0.6 is 0 Å². The van der Waals surface area contributed by atoms with Gasteiger partial charge in [0.15, 0.2) is 0 Å². The van der Waals surface area contributed by atoms with Gasteiger partial charge >= 0.3 is 0 Å². The first kappa shape index (κ1) is 16.1. The minimum absolute atomic E-state index is 0.268. The van der Waals surface area contributed by atoms with E-state index in [9.17, 15) is 4.79 Å². The molecule has 0 fully saturated rings. The molecule has 0 bridgehead atoms. The van der Waals surface area contributed by atoms with E-state index in [0.717, 1.165) is 27.6 Å². The van der Waals surface area contributed by atoms with Crippen LogP contribution in [0, 0.1) is 0 Å². The predicted octanol–water partition coefficient (Wildman–Crippen LogP) is 3.37. The minimum Gasteiger partial charge on any atom is -0.359 e. The Morgan fingerprint density at radius 3 is 2.65 bits per heavy atom. The van der Waals surface area contributed by atoms with Gasteiger partial charge in [0, 0.05) is 28.9 Å². The van der Waals surface area contributed by atoms with E-state index >= 15 is 0 Å².